The fourth-order valence-electron chi connectivity index (χ4n) is 0.798. The molecule has 0 aliphatic carbocycles. The second kappa shape index (κ2) is 3.95. The van der Waals surface area contributed by atoms with Gasteiger partial charge in [0.1, 0.15) is 0 Å². The Hall–Kier alpha value is -1.11. The van der Waals surface area contributed by atoms with Crippen LogP contribution < -0.4 is 0 Å². The number of hydrogen-bond donors (Lipinski definition) is 1. The minimum Gasteiger partial charge on any atom is -0.477 e. The van der Waals surface area contributed by atoms with Crippen LogP contribution in [0.15, 0.2) is 10.5 Å². The topological polar surface area (TPSA) is 50.2 Å². The zero-order valence-corrected chi connectivity index (χ0v) is 8.06. The summed E-state index contributed by atoms with van der Waals surface area (Å²) in [6.07, 6.45) is -3.04. The van der Waals surface area contributed by atoms with E-state index in [0.717, 1.165) is 6.07 Å². The molecule has 1 N–H and O–H groups in total. The zero-order valence-electron chi connectivity index (χ0n) is 6.47. The lowest BCUT2D eigenvalue weighted by molar-refractivity contribution is 0.0687. The molecule has 1 aromatic rings. The number of alkyl halides is 2. The third-order valence-electron chi connectivity index (χ3n) is 1.40. The Kier molecular flexibility index (Phi) is 3.10. The number of rotatable bonds is 2. The van der Waals surface area contributed by atoms with Crippen LogP contribution in [-0.2, 0) is 0 Å². The van der Waals surface area contributed by atoms with Crippen molar-refractivity contribution in [2.24, 2.45) is 0 Å². The molecule has 1 aromatic heterocycles. The molecule has 1 rings (SSSR count). The van der Waals surface area contributed by atoms with Crippen LogP contribution in [0, 0.1) is 5.95 Å². The SMILES string of the molecule is O=C(O)c1cc(Br)c(C(F)F)c(F)n1. The minimum absolute atomic E-state index is 0.308. The molecule has 0 aliphatic heterocycles. The zero-order chi connectivity index (χ0) is 10.9. The molecule has 0 aliphatic rings. The van der Waals surface area contributed by atoms with Gasteiger partial charge in [-0.3, -0.25) is 0 Å². The first kappa shape index (κ1) is 11.0. The molecule has 0 radical (unpaired) electrons. The van der Waals surface area contributed by atoms with E-state index < -0.39 is 29.6 Å². The highest BCUT2D eigenvalue weighted by molar-refractivity contribution is 9.10. The van der Waals surface area contributed by atoms with Crippen LogP contribution in [0.2, 0.25) is 0 Å². The number of aromatic carboxylic acids is 1. The Morgan fingerprint density at radius 2 is 2.14 bits per heavy atom. The predicted octanol–water partition coefficient (Wildman–Crippen LogP) is 2.62. The van der Waals surface area contributed by atoms with Crippen LogP contribution in [0.25, 0.3) is 0 Å². The van der Waals surface area contributed by atoms with E-state index in [2.05, 4.69) is 20.9 Å². The normalized spacial score (nSPS) is 10.6. The van der Waals surface area contributed by atoms with Gasteiger partial charge < -0.3 is 5.11 Å². The lowest BCUT2D eigenvalue weighted by Gasteiger charge is -2.04. The van der Waals surface area contributed by atoms with E-state index >= 15 is 0 Å². The first-order valence-electron chi connectivity index (χ1n) is 3.31. The van der Waals surface area contributed by atoms with Crippen molar-refractivity contribution < 1.29 is 23.1 Å². The minimum atomic E-state index is -3.04. The van der Waals surface area contributed by atoms with Gasteiger partial charge in [0.15, 0.2) is 5.69 Å². The average Bonchev–Trinajstić information content (AvgIpc) is 2.01. The predicted molar refractivity (Wildman–Crippen MR) is 43.8 cm³/mol. The summed E-state index contributed by atoms with van der Waals surface area (Å²) in [5.74, 6) is -2.96. The van der Waals surface area contributed by atoms with E-state index in [9.17, 15) is 18.0 Å². The Bertz CT molecular complexity index is 360. The fraction of sp³-hybridized carbons (Fsp3) is 0.143. The summed E-state index contributed by atoms with van der Waals surface area (Å²) in [5, 5.41) is 8.43. The van der Waals surface area contributed by atoms with Crippen molar-refractivity contribution in [1.82, 2.24) is 4.98 Å². The molecule has 0 atom stereocenters. The number of nitrogens with zero attached hydrogens (tertiary/aromatic N) is 1. The molecule has 14 heavy (non-hydrogen) atoms. The van der Waals surface area contributed by atoms with Gasteiger partial charge >= 0.3 is 5.97 Å². The van der Waals surface area contributed by atoms with E-state index in [1.165, 1.54) is 0 Å². The summed E-state index contributed by atoms with van der Waals surface area (Å²) >= 11 is 2.64. The van der Waals surface area contributed by atoms with E-state index in [0.29, 0.717) is 0 Å². The van der Waals surface area contributed by atoms with Crippen LogP contribution in [-0.4, -0.2) is 16.1 Å². The molecule has 0 spiro atoms. The maximum absolute atomic E-state index is 12.8. The van der Waals surface area contributed by atoms with Gasteiger partial charge in [-0.15, -0.1) is 0 Å². The highest BCUT2D eigenvalue weighted by Crippen LogP contribution is 2.29. The maximum atomic E-state index is 12.8. The highest BCUT2D eigenvalue weighted by atomic mass is 79.9. The van der Waals surface area contributed by atoms with Gasteiger partial charge in [-0.1, -0.05) is 15.9 Å². The number of carbonyl (C=O) groups is 1. The monoisotopic (exact) mass is 269 g/mol. The molecular formula is C7H3BrF3NO2. The molecule has 0 unspecified atom stereocenters. The number of pyridine rings is 1. The number of aromatic nitrogens is 1. The second-order valence-electron chi connectivity index (χ2n) is 2.30. The largest absolute Gasteiger partial charge is 0.477 e. The molecule has 1 heterocycles. The van der Waals surface area contributed by atoms with E-state index in [1.54, 1.807) is 0 Å². The van der Waals surface area contributed by atoms with Gasteiger partial charge in [0, 0.05) is 4.47 Å². The van der Waals surface area contributed by atoms with Crippen molar-refractivity contribution in [2.75, 3.05) is 0 Å². The summed E-state index contributed by atoms with van der Waals surface area (Å²) in [7, 11) is 0. The molecule has 3 nitrogen and oxygen atoms in total. The highest BCUT2D eigenvalue weighted by Gasteiger charge is 2.21. The van der Waals surface area contributed by atoms with Crippen molar-refractivity contribution in [1.29, 1.82) is 0 Å². The number of carboxylic acid groups (broad SMARTS) is 1. The van der Waals surface area contributed by atoms with Crippen LogP contribution >= 0.6 is 15.9 Å². The molecule has 0 fully saturated rings. The third-order valence-corrected chi connectivity index (χ3v) is 2.06. The molecule has 0 bridgehead atoms. The van der Waals surface area contributed by atoms with Gasteiger partial charge in [0.2, 0.25) is 5.95 Å². The summed E-state index contributed by atoms with van der Waals surface area (Å²) in [6, 6.07) is 0.826. The molecule has 0 amide bonds. The van der Waals surface area contributed by atoms with Crippen molar-refractivity contribution in [3.8, 4) is 0 Å². The third kappa shape index (κ3) is 2.03. The molecule has 0 saturated carbocycles. The van der Waals surface area contributed by atoms with Gasteiger partial charge in [0.25, 0.3) is 6.43 Å². The Morgan fingerprint density at radius 3 is 2.50 bits per heavy atom. The molecule has 0 saturated heterocycles. The molecule has 0 aromatic carbocycles. The molecule has 76 valence electrons. The number of hydrogen-bond acceptors (Lipinski definition) is 2. The first-order chi connectivity index (χ1) is 6.43. The van der Waals surface area contributed by atoms with Gasteiger partial charge in [-0.05, 0) is 6.07 Å². The van der Waals surface area contributed by atoms with Crippen molar-refractivity contribution in [3.63, 3.8) is 0 Å². The maximum Gasteiger partial charge on any atom is 0.354 e. The molecule has 7 heteroatoms. The fourth-order valence-corrected chi connectivity index (χ4v) is 1.35. The van der Waals surface area contributed by atoms with Gasteiger partial charge in [0.05, 0.1) is 5.56 Å². The Morgan fingerprint density at radius 1 is 1.57 bits per heavy atom. The van der Waals surface area contributed by atoms with Gasteiger partial charge in [-0.2, -0.15) is 4.39 Å². The summed E-state index contributed by atoms with van der Waals surface area (Å²) < 4.78 is 36.9. The summed E-state index contributed by atoms with van der Waals surface area (Å²) in [5.41, 5.74) is -1.56. The molecular weight excluding hydrogens is 267 g/mol. The van der Waals surface area contributed by atoms with E-state index in [1.807, 2.05) is 0 Å². The van der Waals surface area contributed by atoms with Crippen molar-refractivity contribution in [2.45, 2.75) is 6.43 Å². The lowest BCUT2D eigenvalue weighted by atomic mass is 10.2. The van der Waals surface area contributed by atoms with Crippen LogP contribution in [0.4, 0.5) is 13.2 Å². The van der Waals surface area contributed by atoms with Crippen LogP contribution in [0.5, 0.6) is 0 Å². The van der Waals surface area contributed by atoms with Crippen molar-refractivity contribution in [3.05, 3.63) is 27.7 Å². The van der Waals surface area contributed by atoms with Crippen LogP contribution in [0.1, 0.15) is 22.5 Å². The summed E-state index contributed by atoms with van der Waals surface area (Å²) in [4.78, 5) is 13.2. The van der Waals surface area contributed by atoms with Crippen LogP contribution in [0.3, 0.4) is 0 Å². The standard InChI is InChI=1S/C7H3BrF3NO2/c8-2-1-3(7(13)14)12-6(11)4(2)5(9)10/h1,5H,(H,13,14). The second-order valence-corrected chi connectivity index (χ2v) is 3.15. The Labute approximate surface area is 84.7 Å². The lowest BCUT2D eigenvalue weighted by Crippen LogP contribution is -2.05. The summed E-state index contributed by atoms with van der Waals surface area (Å²) in [6.45, 7) is 0. The van der Waals surface area contributed by atoms with E-state index in [4.69, 9.17) is 5.11 Å². The smallest absolute Gasteiger partial charge is 0.354 e. The number of carboxylic acids is 1. The number of halogens is 4. The van der Waals surface area contributed by atoms with Crippen molar-refractivity contribution >= 4 is 21.9 Å². The first-order valence-corrected chi connectivity index (χ1v) is 4.10. The van der Waals surface area contributed by atoms with E-state index in [-0.39, 0.29) is 4.47 Å². The average molecular weight is 270 g/mol. The van der Waals surface area contributed by atoms with Gasteiger partial charge in [-0.25, -0.2) is 18.6 Å². The quantitative estimate of drug-likeness (QED) is 0.840. The Balaban J connectivity index is 3.32.